The molecule has 0 saturated carbocycles. The first-order chi connectivity index (χ1) is 10.5. The second-order valence-corrected chi connectivity index (χ2v) is 6.60. The Morgan fingerprint density at radius 1 is 1.09 bits per heavy atom. The summed E-state index contributed by atoms with van der Waals surface area (Å²) in [4.78, 5) is 4.36. The van der Waals surface area contributed by atoms with E-state index in [9.17, 15) is 8.42 Å². The van der Waals surface area contributed by atoms with Gasteiger partial charge in [-0.3, -0.25) is 4.18 Å². The fourth-order valence-corrected chi connectivity index (χ4v) is 3.10. The summed E-state index contributed by atoms with van der Waals surface area (Å²) < 4.78 is 35.2. The van der Waals surface area contributed by atoms with Crippen LogP contribution in [0.15, 0.2) is 57.8 Å². The zero-order valence-corrected chi connectivity index (χ0v) is 13.0. The lowest BCUT2D eigenvalue weighted by molar-refractivity contribution is 0.199. The second kappa shape index (κ2) is 5.55. The van der Waals surface area contributed by atoms with E-state index in [1.807, 2.05) is 19.1 Å². The van der Waals surface area contributed by atoms with E-state index in [4.69, 9.17) is 8.60 Å². The molecule has 1 atom stereocenters. The van der Waals surface area contributed by atoms with Crippen LogP contribution in [0.2, 0.25) is 0 Å². The van der Waals surface area contributed by atoms with Gasteiger partial charge in [-0.1, -0.05) is 29.8 Å². The molecule has 3 aromatic rings. The van der Waals surface area contributed by atoms with E-state index in [0.29, 0.717) is 11.1 Å². The molecule has 0 bridgehead atoms. The van der Waals surface area contributed by atoms with Crippen molar-refractivity contribution in [1.82, 2.24) is 4.98 Å². The van der Waals surface area contributed by atoms with E-state index >= 15 is 0 Å². The third-order valence-corrected chi connectivity index (χ3v) is 4.63. The number of rotatable bonds is 4. The van der Waals surface area contributed by atoms with Gasteiger partial charge in [-0.15, -0.1) is 0 Å². The van der Waals surface area contributed by atoms with E-state index in [2.05, 4.69) is 4.98 Å². The summed E-state index contributed by atoms with van der Waals surface area (Å²) in [6.07, 6.45) is -0.807. The minimum absolute atomic E-state index is 0.112. The van der Waals surface area contributed by atoms with Crippen LogP contribution in [0.3, 0.4) is 0 Å². The van der Waals surface area contributed by atoms with Gasteiger partial charge in [0, 0.05) is 0 Å². The third kappa shape index (κ3) is 2.88. The van der Waals surface area contributed by atoms with Crippen LogP contribution in [-0.4, -0.2) is 13.4 Å². The van der Waals surface area contributed by atoms with Gasteiger partial charge in [-0.2, -0.15) is 8.42 Å². The van der Waals surface area contributed by atoms with Crippen molar-refractivity contribution in [3.8, 4) is 0 Å². The molecule has 2 aromatic carbocycles. The topological polar surface area (TPSA) is 69.4 Å². The summed E-state index contributed by atoms with van der Waals surface area (Å²) in [5, 5.41) is 0. The zero-order chi connectivity index (χ0) is 15.7. The highest BCUT2D eigenvalue weighted by Gasteiger charge is 2.23. The van der Waals surface area contributed by atoms with Crippen molar-refractivity contribution in [2.75, 3.05) is 0 Å². The molecule has 0 fully saturated rings. The van der Waals surface area contributed by atoms with Crippen molar-refractivity contribution in [3.05, 3.63) is 60.0 Å². The maximum absolute atomic E-state index is 12.3. The lowest BCUT2D eigenvalue weighted by atomic mass is 10.2. The zero-order valence-electron chi connectivity index (χ0n) is 12.2. The molecule has 0 radical (unpaired) electrons. The Kier molecular flexibility index (Phi) is 3.72. The first-order valence-corrected chi connectivity index (χ1v) is 8.22. The highest BCUT2D eigenvalue weighted by atomic mass is 32.2. The molecular formula is C16H15NO4S. The fourth-order valence-electron chi connectivity index (χ4n) is 2.06. The van der Waals surface area contributed by atoms with Gasteiger partial charge in [0.15, 0.2) is 11.7 Å². The number of fused-ring (bicyclic) bond motifs is 1. The SMILES string of the molecule is Cc1ccc(S(=O)(=O)O[C@H](C)c2nc3ccccc3o2)cc1. The smallest absolute Gasteiger partial charge is 0.297 e. The van der Waals surface area contributed by atoms with Crippen LogP contribution >= 0.6 is 0 Å². The maximum Gasteiger partial charge on any atom is 0.297 e. The Balaban J connectivity index is 1.86. The van der Waals surface area contributed by atoms with Crippen molar-refractivity contribution >= 4 is 21.2 Å². The molecule has 0 aliphatic carbocycles. The summed E-state index contributed by atoms with van der Waals surface area (Å²) in [7, 11) is -3.86. The predicted octanol–water partition coefficient (Wildman–Crippen LogP) is 3.60. The molecule has 0 aliphatic heterocycles. The van der Waals surface area contributed by atoms with Crippen molar-refractivity contribution in [3.63, 3.8) is 0 Å². The third-order valence-electron chi connectivity index (χ3n) is 3.24. The van der Waals surface area contributed by atoms with Gasteiger partial charge in [-0.05, 0) is 38.1 Å². The van der Waals surface area contributed by atoms with Crippen LogP contribution in [0.4, 0.5) is 0 Å². The molecule has 0 unspecified atom stereocenters. The van der Waals surface area contributed by atoms with E-state index in [-0.39, 0.29) is 10.8 Å². The van der Waals surface area contributed by atoms with Gasteiger partial charge in [0.2, 0.25) is 5.89 Å². The number of oxazole rings is 1. The van der Waals surface area contributed by atoms with Crippen LogP contribution < -0.4 is 0 Å². The standard InChI is InChI=1S/C16H15NO4S/c1-11-7-9-13(10-8-11)22(18,19)21-12(2)16-17-14-5-3-4-6-15(14)20-16/h3-10,12H,1-2H3/t12-/m1/s1. The Hall–Kier alpha value is -2.18. The maximum atomic E-state index is 12.3. The number of benzene rings is 2. The molecule has 0 N–H and O–H groups in total. The molecule has 3 rings (SSSR count). The monoisotopic (exact) mass is 317 g/mol. The molecule has 1 heterocycles. The minimum atomic E-state index is -3.86. The number of aryl methyl sites for hydroxylation is 1. The Morgan fingerprint density at radius 3 is 2.45 bits per heavy atom. The second-order valence-electron chi connectivity index (χ2n) is 5.03. The highest BCUT2D eigenvalue weighted by Crippen LogP contribution is 2.26. The van der Waals surface area contributed by atoms with Gasteiger partial charge < -0.3 is 4.42 Å². The average molecular weight is 317 g/mol. The molecule has 0 spiro atoms. The van der Waals surface area contributed by atoms with Crippen LogP contribution in [0, 0.1) is 6.92 Å². The van der Waals surface area contributed by atoms with Gasteiger partial charge in [0.05, 0.1) is 4.90 Å². The summed E-state index contributed by atoms with van der Waals surface area (Å²) in [6.45, 7) is 3.48. The van der Waals surface area contributed by atoms with E-state index in [1.165, 1.54) is 12.1 Å². The average Bonchev–Trinajstić information content (AvgIpc) is 2.91. The van der Waals surface area contributed by atoms with Gasteiger partial charge in [0.25, 0.3) is 10.1 Å². The van der Waals surface area contributed by atoms with Crippen molar-refractivity contribution in [1.29, 1.82) is 0 Å². The van der Waals surface area contributed by atoms with E-state index in [0.717, 1.165) is 5.56 Å². The first kappa shape index (κ1) is 14.7. The minimum Gasteiger partial charge on any atom is -0.438 e. The highest BCUT2D eigenvalue weighted by molar-refractivity contribution is 7.86. The quantitative estimate of drug-likeness (QED) is 0.688. The summed E-state index contributed by atoms with van der Waals surface area (Å²) in [5.41, 5.74) is 2.24. The van der Waals surface area contributed by atoms with Crippen LogP contribution in [0.25, 0.3) is 11.1 Å². The fraction of sp³-hybridized carbons (Fsp3) is 0.188. The van der Waals surface area contributed by atoms with E-state index in [1.54, 1.807) is 31.2 Å². The largest absolute Gasteiger partial charge is 0.438 e. The van der Waals surface area contributed by atoms with Crippen molar-refractivity contribution < 1.29 is 17.0 Å². The number of para-hydroxylation sites is 2. The molecule has 0 saturated heterocycles. The van der Waals surface area contributed by atoms with Crippen LogP contribution in [0.5, 0.6) is 0 Å². The van der Waals surface area contributed by atoms with E-state index < -0.39 is 16.2 Å². The lowest BCUT2D eigenvalue weighted by Gasteiger charge is -2.10. The summed E-state index contributed by atoms with van der Waals surface area (Å²) in [5.74, 6) is 0.233. The molecule has 0 amide bonds. The Labute approximate surface area is 128 Å². The number of nitrogens with zero attached hydrogens (tertiary/aromatic N) is 1. The van der Waals surface area contributed by atoms with Gasteiger partial charge in [0.1, 0.15) is 5.52 Å². The number of hydrogen-bond acceptors (Lipinski definition) is 5. The molecule has 6 heteroatoms. The Bertz CT molecular complexity index is 864. The first-order valence-electron chi connectivity index (χ1n) is 6.81. The van der Waals surface area contributed by atoms with Crippen LogP contribution in [-0.2, 0) is 14.3 Å². The molecule has 0 aliphatic rings. The Morgan fingerprint density at radius 2 is 1.77 bits per heavy atom. The molecular weight excluding hydrogens is 302 g/mol. The normalized spacial score (nSPS) is 13.4. The van der Waals surface area contributed by atoms with Gasteiger partial charge >= 0.3 is 0 Å². The molecule has 5 nitrogen and oxygen atoms in total. The summed E-state index contributed by atoms with van der Waals surface area (Å²) >= 11 is 0. The molecule has 1 aromatic heterocycles. The number of aromatic nitrogens is 1. The molecule has 114 valence electrons. The number of hydrogen-bond donors (Lipinski definition) is 0. The van der Waals surface area contributed by atoms with Crippen molar-refractivity contribution in [2.24, 2.45) is 0 Å². The van der Waals surface area contributed by atoms with Crippen molar-refractivity contribution in [2.45, 2.75) is 24.8 Å². The summed E-state index contributed by atoms with van der Waals surface area (Å²) in [6, 6.07) is 13.7. The van der Waals surface area contributed by atoms with Gasteiger partial charge in [-0.25, -0.2) is 4.98 Å². The predicted molar refractivity (Wildman–Crippen MR) is 81.9 cm³/mol. The lowest BCUT2D eigenvalue weighted by Crippen LogP contribution is -2.10. The molecule has 22 heavy (non-hydrogen) atoms. The van der Waals surface area contributed by atoms with Crippen LogP contribution in [0.1, 0.15) is 24.5 Å².